The Balaban J connectivity index is 0.000000701. The topological polar surface area (TPSA) is 41.1 Å². The minimum absolute atomic E-state index is 0.586. The molecule has 0 fully saturated rings. The van der Waals surface area contributed by atoms with E-state index in [1.807, 2.05) is 78.9 Å². The Hall–Kier alpha value is -1.35. The molecule has 2 aromatic carbocycles. The molecule has 3 nitrogen and oxygen atoms in total. The van der Waals surface area contributed by atoms with Crippen molar-refractivity contribution in [1.29, 1.82) is 0 Å². The average molecular weight is 449 g/mol. The van der Waals surface area contributed by atoms with Gasteiger partial charge in [0, 0.05) is 11.4 Å². The number of nitrogens with zero attached hydrogens (tertiary/aromatic N) is 3. The van der Waals surface area contributed by atoms with E-state index in [9.17, 15) is 0 Å². The van der Waals surface area contributed by atoms with E-state index >= 15 is 0 Å². The number of halogens is 2. The summed E-state index contributed by atoms with van der Waals surface area (Å²) in [5.41, 5.74) is 3.88. The molecule has 25 heavy (non-hydrogen) atoms. The van der Waals surface area contributed by atoms with Crippen molar-refractivity contribution in [3.05, 3.63) is 101 Å². The second kappa shape index (κ2) is 12.1. The van der Waals surface area contributed by atoms with Gasteiger partial charge in [-0.3, -0.25) is 4.98 Å². The molecule has 0 unspecified atom stereocenters. The van der Waals surface area contributed by atoms with Gasteiger partial charge in [0.15, 0.2) is 0 Å². The minimum Gasteiger partial charge on any atom is -0.679 e. The summed E-state index contributed by atoms with van der Waals surface area (Å²) in [4.78, 5) is 4.62. The second-order valence-corrected chi connectivity index (χ2v) is 8.73. The van der Waals surface area contributed by atoms with Gasteiger partial charge in [0.25, 0.3) is 0 Å². The van der Waals surface area contributed by atoms with E-state index in [4.69, 9.17) is 17.0 Å². The summed E-state index contributed by atoms with van der Waals surface area (Å²) in [6, 6.07) is 25.9. The molecule has 0 amide bonds. The zero-order valence-corrected chi connectivity index (χ0v) is 17.5. The molecule has 0 aliphatic heterocycles. The minimum atomic E-state index is -0.826. The van der Waals surface area contributed by atoms with Crippen molar-refractivity contribution in [3.8, 4) is 0 Å². The van der Waals surface area contributed by atoms with Crippen molar-refractivity contribution < 1.29 is 20.8 Å². The number of rotatable bonds is 6. The molecule has 0 aliphatic rings. The molecule has 0 atom stereocenters. The van der Waals surface area contributed by atoms with Crippen LogP contribution in [-0.4, -0.2) is 4.98 Å². The van der Waals surface area contributed by atoms with Crippen LogP contribution in [0.15, 0.2) is 78.9 Å². The van der Waals surface area contributed by atoms with E-state index in [-0.39, 0.29) is 0 Å². The van der Waals surface area contributed by atoms with Crippen molar-refractivity contribution in [3.63, 3.8) is 0 Å². The van der Waals surface area contributed by atoms with Gasteiger partial charge in [0.05, 0.1) is 0 Å². The van der Waals surface area contributed by atoms with E-state index in [0.29, 0.717) is 13.1 Å². The van der Waals surface area contributed by atoms with E-state index in [0.717, 1.165) is 22.8 Å². The molecule has 3 rings (SSSR count). The summed E-state index contributed by atoms with van der Waals surface area (Å²) >= 11 is -0.826. The SMILES string of the molecule is [Cl][Zr+2][Cl].c1ccc([N-]Cc2cccc(C[N-]c3ccccc3)n2)cc1. The molecule has 0 spiro atoms. The van der Waals surface area contributed by atoms with Crippen molar-refractivity contribution in [2.24, 2.45) is 0 Å². The van der Waals surface area contributed by atoms with Crippen LogP contribution in [0, 0.1) is 0 Å². The van der Waals surface area contributed by atoms with Gasteiger partial charge in [0.1, 0.15) is 0 Å². The Morgan fingerprint density at radius 3 is 1.44 bits per heavy atom. The van der Waals surface area contributed by atoms with Gasteiger partial charge < -0.3 is 10.6 Å². The molecular formula is C19H17Cl2N3Zr. The molecule has 0 radical (unpaired) electrons. The maximum absolute atomic E-state index is 4.93. The molecule has 0 bridgehead atoms. The van der Waals surface area contributed by atoms with Crippen molar-refractivity contribution in [2.45, 2.75) is 13.1 Å². The quantitative estimate of drug-likeness (QED) is 0.405. The zero-order chi connectivity index (χ0) is 17.7. The van der Waals surface area contributed by atoms with Gasteiger partial charge in [-0.15, -0.1) is 11.4 Å². The molecule has 6 heteroatoms. The first kappa shape index (κ1) is 20.0. The smallest absolute Gasteiger partial charge is 0.0230 e. The standard InChI is InChI=1S/C19H17N3.2ClH.Zr/c1-3-8-16(9-4-1)20-14-18-12-7-13-19(22-18)15-21-17-10-5-2-6-11-17;;;/h1-13H,14-15H2;2*1H;/q-2;;;+4/p-2. The maximum Gasteiger partial charge on any atom is 0.0230 e. The predicted molar refractivity (Wildman–Crippen MR) is 102 cm³/mol. The summed E-state index contributed by atoms with van der Waals surface area (Å²) in [6.07, 6.45) is 0. The first-order valence-corrected chi connectivity index (χ1v) is 14.0. The van der Waals surface area contributed by atoms with Crippen LogP contribution in [0.2, 0.25) is 0 Å². The van der Waals surface area contributed by atoms with E-state index in [1.54, 1.807) is 0 Å². The third-order valence-corrected chi connectivity index (χ3v) is 3.22. The van der Waals surface area contributed by atoms with Crippen LogP contribution >= 0.6 is 17.0 Å². The Labute approximate surface area is 167 Å². The van der Waals surface area contributed by atoms with Gasteiger partial charge in [-0.05, 0) is 12.1 Å². The second-order valence-electron chi connectivity index (χ2n) is 5.00. The number of para-hydroxylation sites is 2. The normalized spacial score (nSPS) is 9.36. The molecule has 0 aliphatic carbocycles. The van der Waals surface area contributed by atoms with Crippen LogP contribution in [0.3, 0.4) is 0 Å². The predicted octanol–water partition coefficient (Wildman–Crippen LogP) is 6.87. The van der Waals surface area contributed by atoms with Gasteiger partial charge >= 0.3 is 37.9 Å². The van der Waals surface area contributed by atoms with Crippen LogP contribution in [-0.2, 0) is 33.9 Å². The van der Waals surface area contributed by atoms with Gasteiger partial charge in [-0.1, -0.05) is 79.8 Å². The number of pyridine rings is 1. The van der Waals surface area contributed by atoms with Gasteiger partial charge in [0.2, 0.25) is 0 Å². The third kappa shape index (κ3) is 8.05. The fourth-order valence-electron chi connectivity index (χ4n) is 2.12. The molecule has 0 saturated carbocycles. The summed E-state index contributed by atoms with van der Waals surface area (Å²) < 4.78 is 0. The maximum atomic E-state index is 4.93. The van der Waals surface area contributed by atoms with Crippen LogP contribution < -0.4 is 0 Å². The van der Waals surface area contributed by atoms with Crippen LogP contribution in [0.4, 0.5) is 11.4 Å². The summed E-state index contributed by atoms with van der Waals surface area (Å²) in [5.74, 6) is 0. The van der Waals surface area contributed by atoms with Crippen LogP contribution in [0.1, 0.15) is 11.4 Å². The number of hydrogen-bond donors (Lipinski definition) is 0. The Morgan fingerprint density at radius 1 is 0.640 bits per heavy atom. The fraction of sp³-hybridized carbons (Fsp3) is 0.105. The molecule has 0 saturated heterocycles. The molecule has 1 aromatic heterocycles. The van der Waals surface area contributed by atoms with Crippen molar-refractivity contribution in [1.82, 2.24) is 4.98 Å². The monoisotopic (exact) mass is 447 g/mol. The Bertz CT molecular complexity index is 668. The average Bonchev–Trinajstić information content (AvgIpc) is 2.67. The van der Waals surface area contributed by atoms with Gasteiger partial charge in [-0.2, -0.15) is 0 Å². The van der Waals surface area contributed by atoms with Crippen molar-refractivity contribution in [2.75, 3.05) is 0 Å². The number of hydrogen-bond acceptors (Lipinski definition) is 1. The third-order valence-electron chi connectivity index (χ3n) is 3.22. The summed E-state index contributed by atoms with van der Waals surface area (Å²) in [6.45, 7) is 1.17. The Morgan fingerprint density at radius 2 is 1.04 bits per heavy atom. The van der Waals surface area contributed by atoms with Crippen LogP contribution in [0.5, 0.6) is 0 Å². The largest absolute Gasteiger partial charge is 0.679 e. The molecule has 3 aromatic rings. The summed E-state index contributed by atoms with van der Waals surface area (Å²) in [5, 5.41) is 9.09. The van der Waals surface area contributed by atoms with Gasteiger partial charge in [-0.25, -0.2) is 0 Å². The zero-order valence-electron chi connectivity index (χ0n) is 13.5. The first-order chi connectivity index (χ1) is 12.3. The summed E-state index contributed by atoms with van der Waals surface area (Å²) in [7, 11) is 9.87. The van der Waals surface area contributed by atoms with E-state index in [2.05, 4.69) is 15.6 Å². The fourth-order valence-corrected chi connectivity index (χ4v) is 2.12. The first-order valence-electron chi connectivity index (χ1n) is 7.68. The molecule has 0 N–H and O–H groups in total. The van der Waals surface area contributed by atoms with Crippen LogP contribution in [0.25, 0.3) is 10.6 Å². The van der Waals surface area contributed by atoms with E-state index in [1.165, 1.54) is 0 Å². The number of aromatic nitrogens is 1. The Kier molecular flexibility index (Phi) is 9.65. The van der Waals surface area contributed by atoms with Crippen molar-refractivity contribution >= 4 is 28.4 Å². The molecule has 126 valence electrons. The molecule has 1 heterocycles. The number of benzene rings is 2. The molecular weight excluding hydrogens is 432 g/mol. The van der Waals surface area contributed by atoms with E-state index < -0.39 is 20.8 Å².